The number of hydrogen-bond donors (Lipinski definition) is 0. The van der Waals surface area contributed by atoms with Crippen molar-refractivity contribution in [3.05, 3.63) is 0 Å². The van der Waals surface area contributed by atoms with Crippen molar-refractivity contribution >= 4 is 17.9 Å². The lowest BCUT2D eigenvalue weighted by Gasteiger charge is -2.18. The molecule has 0 heterocycles. The van der Waals surface area contributed by atoms with Crippen LogP contribution in [0.4, 0.5) is 0 Å². The van der Waals surface area contributed by atoms with Crippen LogP contribution in [0.3, 0.4) is 0 Å². The number of rotatable bonds is 50. The predicted molar refractivity (Wildman–Crippen MR) is 257 cm³/mol. The van der Waals surface area contributed by atoms with Crippen LogP contribution in [0.15, 0.2) is 0 Å². The average molecular weight is 849 g/mol. The van der Waals surface area contributed by atoms with E-state index in [9.17, 15) is 14.4 Å². The molecular weight excluding hydrogens is 745 g/mol. The van der Waals surface area contributed by atoms with Crippen molar-refractivity contribution in [2.45, 2.75) is 316 Å². The molecular formula is C54H104O6. The van der Waals surface area contributed by atoms with Crippen LogP contribution < -0.4 is 0 Å². The van der Waals surface area contributed by atoms with Gasteiger partial charge in [-0.2, -0.15) is 0 Å². The molecule has 0 bridgehead atoms. The summed E-state index contributed by atoms with van der Waals surface area (Å²) in [5.41, 5.74) is 0. The number of carbonyl (C=O) groups is 3. The highest BCUT2D eigenvalue weighted by molar-refractivity contribution is 5.71. The van der Waals surface area contributed by atoms with E-state index in [-0.39, 0.29) is 31.1 Å². The van der Waals surface area contributed by atoms with Crippen molar-refractivity contribution in [1.82, 2.24) is 0 Å². The Labute approximate surface area is 374 Å². The molecule has 6 nitrogen and oxygen atoms in total. The van der Waals surface area contributed by atoms with Crippen molar-refractivity contribution in [1.29, 1.82) is 0 Å². The summed E-state index contributed by atoms with van der Waals surface area (Å²) in [5, 5.41) is 0. The number of hydrogen-bond acceptors (Lipinski definition) is 6. The van der Waals surface area contributed by atoms with Crippen LogP contribution in [0.25, 0.3) is 0 Å². The van der Waals surface area contributed by atoms with E-state index in [0.29, 0.717) is 19.3 Å². The summed E-state index contributed by atoms with van der Waals surface area (Å²) in [7, 11) is 0. The lowest BCUT2D eigenvalue weighted by molar-refractivity contribution is -0.167. The fourth-order valence-corrected chi connectivity index (χ4v) is 8.27. The average Bonchev–Trinajstić information content (AvgIpc) is 3.24. The van der Waals surface area contributed by atoms with E-state index in [2.05, 4.69) is 20.8 Å². The molecule has 0 N–H and O–H groups in total. The van der Waals surface area contributed by atoms with E-state index in [4.69, 9.17) is 14.2 Å². The second-order valence-corrected chi connectivity index (χ2v) is 18.5. The molecule has 0 aromatic heterocycles. The number of unbranched alkanes of at least 4 members (excludes halogenated alkanes) is 39. The summed E-state index contributed by atoms with van der Waals surface area (Å²) < 4.78 is 16.8. The largest absolute Gasteiger partial charge is 0.462 e. The Morgan fingerprint density at radius 1 is 0.267 bits per heavy atom. The van der Waals surface area contributed by atoms with Crippen LogP contribution in [-0.2, 0) is 28.6 Å². The maximum Gasteiger partial charge on any atom is 0.306 e. The third-order valence-corrected chi connectivity index (χ3v) is 12.4. The molecule has 0 aliphatic heterocycles. The molecule has 0 unspecified atom stereocenters. The molecule has 0 rings (SSSR count). The third-order valence-electron chi connectivity index (χ3n) is 12.4. The molecule has 0 radical (unpaired) electrons. The molecule has 1 atom stereocenters. The molecule has 0 amide bonds. The molecule has 356 valence electrons. The third kappa shape index (κ3) is 47.5. The maximum atomic E-state index is 12.8. The normalized spacial score (nSPS) is 11.8. The van der Waals surface area contributed by atoms with Crippen molar-refractivity contribution in [3.63, 3.8) is 0 Å². The first kappa shape index (κ1) is 58.4. The van der Waals surface area contributed by atoms with Crippen LogP contribution in [-0.4, -0.2) is 37.2 Å². The van der Waals surface area contributed by atoms with Crippen molar-refractivity contribution in [3.8, 4) is 0 Å². The summed E-state index contributed by atoms with van der Waals surface area (Å²) in [4.78, 5) is 37.9. The summed E-state index contributed by atoms with van der Waals surface area (Å²) in [5.74, 6) is -0.839. The standard InChI is InChI=1S/C54H104O6/c1-4-7-10-13-16-19-22-24-25-26-27-28-30-32-35-38-41-44-47-53(56)59-50-51(49-58-52(55)46-43-40-37-34-31-21-18-15-12-9-6-3)60-54(57)48-45-42-39-36-33-29-23-20-17-14-11-8-5-2/h51H,4-50H2,1-3H3/t51-/m1/s1. The Hall–Kier alpha value is -1.59. The molecule has 0 saturated carbocycles. The van der Waals surface area contributed by atoms with Gasteiger partial charge in [0, 0.05) is 19.3 Å². The molecule has 0 aliphatic carbocycles. The molecule has 6 heteroatoms. The number of carbonyl (C=O) groups excluding carboxylic acids is 3. The first-order chi connectivity index (χ1) is 29.5. The quantitative estimate of drug-likeness (QED) is 0.0345. The van der Waals surface area contributed by atoms with E-state index >= 15 is 0 Å². The Morgan fingerprint density at radius 3 is 0.667 bits per heavy atom. The van der Waals surface area contributed by atoms with E-state index in [1.807, 2.05) is 0 Å². The zero-order chi connectivity index (χ0) is 43.7. The van der Waals surface area contributed by atoms with Gasteiger partial charge in [-0.15, -0.1) is 0 Å². The van der Waals surface area contributed by atoms with Crippen LogP contribution in [0.1, 0.15) is 310 Å². The van der Waals surface area contributed by atoms with Gasteiger partial charge in [0.05, 0.1) is 0 Å². The minimum Gasteiger partial charge on any atom is -0.462 e. The lowest BCUT2D eigenvalue weighted by atomic mass is 10.0. The zero-order valence-corrected chi connectivity index (χ0v) is 40.8. The minimum absolute atomic E-state index is 0.0616. The predicted octanol–water partition coefficient (Wildman–Crippen LogP) is 17.6. The summed E-state index contributed by atoms with van der Waals surface area (Å²) in [6.07, 6.45) is 53.7. The highest BCUT2D eigenvalue weighted by atomic mass is 16.6. The van der Waals surface area contributed by atoms with Gasteiger partial charge in [0.25, 0.3) is 0 Å². The van der Waals surface area contributed by atoms with Gasteiger partial charge in [-0.25, -0.2) is 0 Å². The molecule has 0 aliphatic rings. The van der Waals surface area contributed by atoms with E-state index in [1.165, 1.54) is 212 Å². The van der Waals surface area contributed by atoms with Gasteiger partial charge in [-0.3, -0.25) is 14.4 Å². The van der Waals surface area contributed by atoms with E-state index < -0.39 is 6.10 Å². The summed E-state index contributed by atoms with van der Waals surface area (Å²) in [6.45, 7) is 6.68. The van der Waals surface area contributed by atoms with Gasteiger partial charge in [-0.1, -0.05) is 271 Å². The van der Waals surface area contributed by atoms with Crippen LogP contribution in [0.2, 0.25) is 0 Å². The second kappa shape index (κ2) is 50.1. The minimum atomic E-state index is -0.759. The molecule has 0 aromatic rings. The van der Waals surface area contributed by atoms with Gasteiger partial charge in [0.15, 0.2) is 6.10 Å². The molecule has 0 aromatic carbocycles. The van der Waals surface area contributed by atoms with Crippen molar-refractivity contribution in [2.24, 2.45) is 0 Å². The van der Waals surface area contributed by atoms with Gasteiger partial charge in [-0.05, 0) is 19.3 Å². The van der Waals surface area contributed by atoms with E-state index in [0.717, 1.165) is 57.8 Å². The van der Waals surface area contributed by atoms with Gasteiger partial charge >= 0.3 is 17.9 Å². The summed E-state index contributed by atoms with van der Waals surface area (Å²) >= 11 is 0. The summed E-state index contributed by atoms with van der Waals surface area (Å²) in [6, 6.07) is 0. The van der Waals surface area contributed by atoms with E-state index in [1.54, 1.807) is 0 Å². The highest BCUT2D eigenvalue weighted by Gasteiger charge is 2.19. The molecule has 0 fully saturated rings. The fraction of sp³-hybridized carbons (Fsp3) is 0.944. The smallest absolute Gasteiger partial charge is 0.306 e. The zero-order valence-electron chi connectivity index (χ0n) is 40.8. The Morgan fingerprint density at radius 2 is 0.450 bits per heavy atom. The molecule has 0 saturated heterocycles. The van der Waals surface area contributed by atoms with Crippen LogP contribution >= 0.6 is 0 Å². The Balaban J connectivity index is 4.25. The van der Waals surface area contributed by atoms with Crippen LogP contribution in [0, 0.1) is 0 Å². The van der Waals surface area contributed by atoms with Crippen LogP contribution in [0.5, 0.6) is 0 Å². The Kier molecular flexibility index (Phi) is 48.7. The highest BCUT2D eigenvalue weighted by Crippen LogP contribution is 2.17. The lowest BCUT2D eigenvalue weighted by Crippen LogP contribution is -2.30. The monoisotopic (exact) mass is 849 g/mol. The number of ether oxygens (including phenoxy) is 3. The molecule has 60 heavy (non-hydrogen) atoms. The molecule has 0 spiro atoms. The van der Waals surface area contributed by atoms with Crippen molar-refractivity contribution in [2.75, 3.05) is 13.2 Å². The maximum absolute atomic E-state index is 12.8. The SMILES string of the molecule is CCCCCCCCCCCCCCCCCCCCC(=O)OC[C@@H](COC(=O)CCCCCCCCCCCCC)OC(=O)CCCCCCCCCCCCCCC. The second-order valence-electron chi connectivity index (χ2n) is 18.5. The number of esters is 3. The first-order valence-electron chi connectivity index (χ1n) is 27.0. The Bertz CT molecular complexity index is 889. The van der Waals surface area contributed by atoms with Gasteiger partial charge in [0.2, 0.25) is 0 Å². The van der Waals surface area contributed by atoms with Crippen molar-refractivity contribution < 1.29 is 28.6 Å². The van der Waals surface area contributed by atoms with Gasteiger partial charge < -0.3 is 14.2 Å². The fourth-order valence-electron chi connectivity index (χ4n) is 8.27. The van der Waals surface area contributed by atoms with Gasteiger partial charge in [0.1, 0.15) is 13.2 Å². The first-order valence-corrected chi connectivity index (χ1v) is 27.0. The topological polar surface area (TPSA) is 78.9 Å².